The molecule has 3 saturated carbocycles. The SMILES string of the molecule is C=C1C[C@H](C[C@@H](C)[C@H]2CC[C@H]3/C(=C\C=C4/C[C@@H](O)C[C@H](O)C4=C)CCC[C@]23C)OC1=O. The van der Waals surface area contributed by atoms with E-state index in [1.807, 2.05) is 0 Å². The molecule has 0 bridgehead atoms. The molecule has 0 radical (unpaired) electrons. The Hall–Kier alpha value is -1.65. The van der Waals surface area contributed by atoms with Crippen LogP contribution in [0.4, 0.5) is 0 Å². The maximum absolute atomic E-state index is 11.7. The molecule has 170 valence electrons. The zero-order valence-electron chi connectivity index (χ0n) is 19.1. The summed E-state index contributed by atoms with van der Waals surface area (Å²) in [6.07, 6.45) is 11.8. The molecule has 4 heteroatoms. The molecule has 0 amide bonds. The van der Waals surface area contributed by atoms with Crippen LogP contribution in [0.5, 0.6) is 0 Å². The molecule has 0 spiro atoms. The molecule has 2 N–H and O–H groups in total. The molecule has 7 atom stereocenters. The summed E-state index contributed by atoms with van der Waals surface area (Å²) in [5.41, 5.74) is 4.15. The van der Waals surface area contributed by atoms with E-state index >= 15 is 0 Å². The van der Waals surface area contributed by atoms with Crippen molar-refractivity contribution < 1.29 is 19.7 Å². The molecule has 4 rings (SSSR count). The number of fused-ring (bicyclic) bond motifs is 1. The van der Waals surface area contributed by atoms with Crippen molar-refractivity contribution >= 4 is 5.97 Å². The first-order chi connectivity index (χ1) is 14.7. The molecule has 0 aromatic carbocycles. The average molecular weight is 427 g/mol. The second-order valence-electron chi connectivity index (χ2n) is 10.7. The second kappa shape index (κ2) is 8.71. The van der Waals surface area contributed by atoms with Gasteiger partial charge in [0, 0.05) is 18.4 Å². The number of esters is 1. The maximum atomic E-state index is 11.7. The van der Waals surface area contributed by atoms with Gasteiger partial charge in [-0.1, -0.05) is 44.7 Å². The minimum absolute atomic E-state index is 0.00356. The highest BCUT2D eigenvalue weighted by Gasteiger charge is 2.51. The van der Waals surface area contributed by atoms with Gasteiger partial charge in [-0.05, 0) is 79.3 Å². The Balaban J connectivity index is 1.48. The molecule has 4 aliphatic rings. The van der Waals surface area contributed by atoms with Gasteiger partial charge in [-0.2, -0.15) is 0 Å². The monoisotopic (exact) mass is 426 g/mol. The van der Waals surface area contributed by atoms with Crippen LogP contribution < -0.4 is 0 Å². The van der Waals surface area contributed by atoms with E-state index in [4.69, 9.17) is 4.74 Å². The van der Waals surface area contributed by atoms with E-state index in [2.05, 4.69) is 39.2 Å². The third kappa shape index (κ3) is 4.34. The lowest BCUT2D eigenvalue weighted by Gasteiger charge is -2.44. The smallest absolute Gasteiger partial charge is 0.333 e. The maximum Gasteiger partial charge on any atom is 0.333 e. The first-order valence-corrected chi connectivity index (χ1v) is 12.0. The number of aliphatic hydroxyl groups is 2. The summed E-state index contributed by atoms with van der Waals surface area (Å²) < 4.78 is 5.52. The number of carbonyl (C=O) groups is 1. The third-order valence-corrected chi connectivity index (χ3v) is 8.66. The summed E-state index contributed by atoms with van der Waals surface area (Å²) in [6, 6.07) is 0. The number of hydrogen-bond donors (Lipinski definition) is 2. The van der Waals surface area contributed by atoms with Gasteiger partial charge in [0.15, 0.2) is 0 Å². The number of rotatable bonds is 4. The molecular weight excluding hydrogens is 388 g/mol. The van der Waals surface area contributed by atoms with Gasteiger partial charge in [-0.25, -0.2) is 4.79 Å². The molecule has 0 unspecified atom stereocenters. The first-order valence-electron chi connectivity index (χ1n) is 12.0. The van der Waals surface area contributed by atoms with Crippen LogP contribution in [0, 0.1) is 23.2 Å². The number of ether oxygens (including phenoxy) is 1. The third-order valence-electron chi connectivity index (χ3n) is 8.66. The second-order valence-corrected chi connectivity index (χ2v) is 10.7. The summed E-state index contributed by atoms with van der Waals surface area (Å²) in [7, 11) is 0. The molecule has 4 nitrogen and oxygen atoms in total. The molecule has 4 fully saturated rings. The van der Waals surface area contributed by atoms with E-state index in [-0.39, 0.29) is 17.5 Å². The van der Waals surface area contributed by atoms with Crippen molar-refractivity contribution in [1.29, 1.82) is 0 Å². The van der Waals surface area contributed by atoms with E-state index in [1.54, 1.807) is 0 Å². The zero-order valence-corrected chi connectivity index (χ0v) is 19.1. The van der Waals surface area contributed by atoms with Crippen LogP contribution in [0.1, 0.15) is 71.6 Å². The summed E-state index contributed by atoms with van der Waals surface area (Å²) in [5.74, 6) is 1.51. The molecule has 1 heterocycles. The van der Waals surface area contributed by atoms with Crippen molar-refractivity contribution in [2.24, 2.45) is 23.2 Å². The van der Waals surface area contributed by atoms with Gasteiger partial charge in [0.25, 0.3) is 0 Å². The lowest BCUT2D eigenvalue weighted by Crippen LogP contribution is -2.36. The van der Waals surface area contributed by atoms with Crippen molar-refractivity contribution in [3.8, 4) is 0 Å². The fourth-order valence-corrected chi connectivity index (χ4v) is 7.02. The van der Waals surface area contributed by atoms with Crippen molar-refractivity contribution in [3.63, 3.8) is 0 Å². The number of aliphatic hydroxyl groups excluding tert-OH is 2. The predicted molar refractivity (Wildman–Crippen MR) is 122 cm³/mol. The summed E-state index contributed by atoms with van der Waals surface area (Å²) in [4.78, 5) is 11.7. The van der Waals surface area contributed by atoms with Crippen LogP contribution in [0.25, 0.3) is 0 Å². The van der Waals surface area contributed by atoms with Crippen molar-refractivity contribution in [2.75, 3.05) is 0 Å². The van der Waals surface area contributed by atoms with Gasteiger partial charge in [-0.3, -0.25) is 0 Å². The quantitative estimate of drug-likeness (QED) is 0.489. The Bertz CT molecular complexity index is 805. The Morgan fingerprint density at radius 2 is 2.00 bits per heavy atom. The number of carbonyl (C=O) groups excluding carboxylic acids is 1. The van der Waals surface area contributed by atoms with E-state index in [0.717, 1.165) is 24.0 Å². The standard InChI is InChI=1S/C27H38O4/c1-16(12-22-13-17(2)26(30)31-22)23-9-10-24-19(6-5-11-27(23,24)4)7-8-20-14-21(28)15-25(29)18(20)3/h7-8,16,21-25,28-29H,2-3,5-6,9-15H2,1,4H3/b19-7-,20-8+/t16-,21-,22+,23-,24+,25+,27-/m1/s1. The fraction of sp³-hybridized carbons (Fsp3) is 0.667. The van der Waals surface area contributed by atoms with Crippen molar-refractivity contribution in [3.05, 3.63) is 47.6 Å². The fourth-order valence-electron chi connectivity index (χ4n) is 7.02. The van der Waals surface area contributed by atoms with E-state index in [0.29, 0.717) is 42.6 Å². The molecule has 1 aliphatic heterocycles. The summed E-state index contributed by atoms with van der Waals surface area (Å²) in [5, 5.41) is 20.2. The van der Waals surface area contributed by atoms with Gasteiger partial charge in [0.2, 0.25) is 0 Å². The average Bonchev–Trinajstić information content (AvgIpc) is 3.22. The molecule has 31 heavy (non-hydrogen) atoms. The Labute approximate surface area is 186 Å². The molecule has 0 aromatic heterocycles. The lowest BCUT2D eigenvalue weighted by atomic mass is 9.60. The highest BCUT2D eigenvalue weighted by molar-refractivity contribution is 5.89. The van der Waals surface area contributed by atoms with Crippen LogP contribution in [0.2, 0.25) is 0 Å². The largest absolute Gasteiger partial charge is 0.459 e. The summed E-state index contributed by atoms with van der Waals surface area (Å²) >= 11 is 0. The molecule has 0 aromatic rings. The van der Waals surface area contributed by atoms with Crippen molar-refractivity contribution in [2.45, 2.75) is 89.9 Å². The lowest BCUT2D eigenvalue weighted by molar-refractivity contribution is -0.139. The summed E-state index contributed by atoms with van der Waals surface area (Å²) in [6.45, 7) is 12.7. The number of hydrogen-bond acceptors (Lipinski definition) is 4. The van der Waals surface area contributed by atoms with Gasteiger partial charge in [-0.15, -0.1) is 0 Å². The Kier molecular flexibility index (Phi) is 6.33. The molecule has 3 aliphatic carbocycles. The molecular formula is C27H38O4. The molecule has 1 saturated heterocycles. The Morgan fingerprint density at radius 3 is 2.71 bits per heavy atom. The number of allylic oxidation sites excluding steroid dienone is 3. The highest BCUT2D eigenvalue weighted by atomic mass is 16.5. The van der Waals surface area contributed by atoms with Gasteiger partial charge in [0.05, 0.1) is 12.2 Å². The van der Waals surface area contributed by atoms with Crippen LogP contribution in [-0.2, 0) is 9.53 Å². The van der Waals surface area contributed by atoms with Crippen LogP contribution in [-0.4, -0.2) is 34.5 Å². The topological polar surface area (TPSA) is 66.8 Å². The Morgan fingerprint density at radius 1 is 1.23 bits per heavy atom. The van der Waals surface area contributed by atoms with Gasteiger partial charge in [0.1, 0.15) is 6.10 Å². The highest BCUT2D eigenvalue weighted by Crippen LogP contribution is 2.60. The van der Waals surface area contributed by atoms with Crippen LogP contribution >= 0.6 is 0 Å². The van der Waals surface area contributed by atoms with Crippen LogP contribution in [0.3, 0.4) is 0 Å². The number of cyclic esters (lactones) is 1. The predicted octanol–water partition coefficient (Wildman–Crippen LogP) is 5.03. The van der Waals surface area contributed by atoms with E-state index in [9.17, 15) is 15.0 Å². The minimum atomic E-state index is -0.637. The zero-order chi connectivity index (χ0) is 22.3. The van der Waals surface area contributed by atoms with Crippen LogP contribution in [0.15, 0.2) is 47.6 Å². The van der Waals surface area contributed by atoms with E-state index < -0.39 is 12.2 Å². The first kappa shape index (κ1) is 22.5. The van der Waals surface area contributed by atoms with Gasteiger partial charge < -0.3 is 14.9 Å². The van der Waals surface area contributed by atoms with Crippen molar-refractivity contribution in [1.82, 2.24) is 0 Å². The minimum Gasteiger partial charge on any atom is -0.459 e. The van der Waals surface area contributed by atoms with Gasteiger partial charge >= 0.3 is 5.97 Å². The normalized spacial score (nSPS) is 42.2. The van der Waals surface area contributed by atoms with E-state index in [1.165, 1.54) is 31.3 Å².